The minimum atomic E-state index is -0.00190. The first-order valence-corrected chi connectivity index (χ1v) is 4.41. The van der Waals surface area contributed by atoms with E-state index in [1.807, 2.05) is 17.8 Å². The Bertz CT molecular complexity index is 262. The Morgan fingerprint density at radius 2 is 2.50 bits per heavy atom. The Morgan fingerprint density at radius 3 is 3.00 bits per heavy atom. The lowest BCUT2D eigenvalue weighted by Crippen LogP contribution is -2.05. The predicted octanol–water partition coefficient (Wildman–Crippen LogP) is 0.708. The average molecular weight is 166 g/mol. The molecule has 1 saturated carbocycles. The van der Waals surface area contributed by atoms with Gasteiger partial charge in [-0.3, -0.25) is 4.68 Å². The number of hydrogen-bond acceptors (Lipinski definition) is 3. The van der Waals surface area contributed by atoms with Crippen LogP contribution < -0.4 is 5.73 Å². The summed E-state index contributed by atoms with van der Waals surface area (Å²) >= 11 is 0. The van der Waals surface area contributed by atoms with Crippen molar-refractivity contribution in [3.8, 4) is 0 Å². The molecule has 1 heterocycles. The van der Waals surface area contributed by atoms with E-state index < -0.39 is 0 Å². The predicted molar refractivity (Wildman–Crippen MR) is 45.3 cm³/mol. The lowest BCUT2D eigenvalue weighted by atomic mass is 10.3. The van der Waals surface area contributed by atoms with Crippen molar-refractivity contribution in [3.05, 3.63) is 11.9 Å². The average Bonchev–Trinajstić information content (AvgIpc) is 2.66. The third-order valence-electron chi connectivity index (χ3n) is 2.17. The zero-order valence-corrected chi connectivity index (χ0v) is 7.27. The number of hydrogen-bond donors (Lipinski definition) is 1. The molecule has 0 saturated heterocycles. The molecule has 4 nitrogen and oxygen atoms in total. The van der Waals surface area contributed by atoms with E-state index in [0.29, 0.717) is 0 Å². The summed E-state index contributed by atoms with van der Waals surface area (Å²) in [6, 6.07) is -0.00190. The Balaban J connectivity index is 2.02. The van der Waals surface area contributed by atoms with Crippen molar-refractivity contribution < 1.29 is 0 Å². The zero-order chi connectivity index (χ0) is 8.55. The summed E-state index contributed by atoms with van der Waals surface area (Å²) in [6.45, 7) is 2.94. The summed E-state index contributed by atoms with van der Waals surface area (Å²) in [7, 11) is 0. The van der Waals surface area contributed by atoms with Gasteiger partial charge in [0, 0.05) is 12.6 Å². The van der Waals surface area contributed by atoms with Gasteiger partial charge < -0.3 is 5.73 Å². The Hall–Kier alpha value is -0.900. The van der Waals surface area contributed by atoms with Crippen LogP contribution in [0.2, 0.25) is 0 Å². The molecule has 1 aromatic rings. The molecule has 0 bridgehead atoms. The monoisotopic (exact) mass is 166 g/mol. The first-order valence-electron chi connectivity index (χ1n) is 4.41. The highest BCUT2D eigenvalue weighted by molar-refractivity contribution is 4.97. The van der Waals surface area contributed by atoms with Crippen molar-refractivity contribution in [1.82, 2.24) is 15.0 Å². The maximum atomic E-state index is 5.66. The standard InChI is InChI=1S/C8H14N4/c1-6(9)8-5-12(11-10-8)4-7-2-3-7/h5-7H,2-4,9H2,1H3/t6-/m0/s1. The van der Waals surface area contributed by atoms with Crippen LogP contribution >= 0.6 is 0 Å². The second-order valence-corrected chi connectivity index (χ2v) is 3.60. The van der Waals surface area contributed by atoms with Gasteiger partial charge in [-0.05, 0) is 25.7 Å². The molecule has 4 heteroatoms. The molecule has 0 amide bonds. The van der Waals surface area contributed by atoms with Gasteiger partial charge in [0.2, 0.25) is 0 Å². The molecule has 0 radical (unpaired) electrons. The normalized spacial score (nSPS) is 19.5. The fourth-order valence-electron chi connectivity index (χ4n) is 1.18. The van der Waals surface area contributed by atoms with Gasteiger partial charge >= 0.3 is 0 Å². The molecule has 1 atom stereocenters. The minimum absolute atomic E-state index is 0.00190. The molecule has 12 heavy (non-hydrogen) atoms. The van der Waals surface area contributed by atoms with Gasteiger partial charge in [0.25, 0.3) is 0 Å². The number of nitrogens with zero attached hydrogens (tertiary/aromatic N) is 3. The van der Waals surface area contributed by atoms with Crippen LogP contribution in [0.4, 0.5) is 0 Å². The van der Waals surface area contributed by atoms with Crippen LogP contribution in [0.5, 0.6) is 0 Å². The first-order chi connectivity index (χ1) is 5.75. The Kier molecular flexibility index (Phi) is 1.84. The van der Waals surface area contributed by atoms with E-state index in [-0.39, 0.29) is 6.04 Å². The number of aromatic nitrogens is 3. The van der Waals surface area contributed by atoms with Crippen molar-refractivity contribution in [2.45, 2.75) is 32.4 Å². The van der Waals surface area contributed by atoms with E-state index in [1.165, 1.54) is 12.8 Å². The molecule has 0 spiro atoms. The second kappa shape index (κ2) is 2.86. The molecule has 1 aliphatic carbocycles. The third kappa shape index (κ3) is 1.64. The summed E-state index contributed by atoms with van der Waals surface area (Å²) in [5.74, 6) is 0.840. The van der Waals surface area contributed by atoms with Gasteiger partial charge in [0.15, 0.2) is 0 Å². The highest BCUT2D eigenvalue weighted by Crippen LogP contribution is 2.30. The van der Waals surface area contributed by atoms with Crippen LogP contribution in [0.25, 0.3) is 0 Å². The topological polar surface area (TPSA) is 56.7 Å². The Labute approximate surface area is 71.8 Å². The summed E-state index contributed by atoms with van der Waals surface area (Å²) in [6.07, 6.45) is 4.63. The highest BCUT2D eigenvalue weighted by atomic mass is 15.4. The first kappa shape index (κ1) is 7.73. The van der Waals surface area contributed by atoms with Gasteiger partial charge in [0.05, 0.1) is 11.9 Å². The molecule has 0 aromatic carbocycles. The molecule has 1 aromatic heterocycles. The maximum absolute atomic E-state index is 5.66. The van der Waals surface area contributed by atoms with Crippen molar-refractivity contribution >= 4 is 0 Å². The molecular formula is C8H14N4. The summed E-state index contributed by atoms with van der Waals surface area (Å²) in [5, 5.41) is 7.99. The van der Waals surface area contributed by atoms with E-state index in [9.17, 15) is 0 Å². The zero-order valence-electron chi connectivity index (χ0n) is 7.27. The molecule has 0 unspecified atom stereocenters. The van der Waals surface area contributed by atoms with Crippen molar-refractivity contribution in [3.63, 3.8) is 0 Å². The molecule has 0 aliphatic heterocycles. The van der Waals surface area contributed by atoms with Crippen LogP contribution in [-0.2, 0) is 6.54 Å². The molecule has 1 fully saturated rings. The summed E-state index contributed by atoms with van der Waals surface area (Å²) < 4.78 is 1.90. The lowest BCUT2D eigenvalue weighted by Gasteiger charge is -1.96. The lowest BCUT2D eigenvalue weighted by molar-refractivity contribution is 0.544. The van der Waals surface area contributed by atoms with Crippen LogP contribution in [0.15, 0.2) is 6.20 Å². The van der Waals surface area contributed by atoms with E-state index in [2.05, 4.69) is 10.3 Å². The van der Waals surface area contributed by atoms with Crippen molar-refractivity contribution in [1.29, 1.82) is 0 Å². The quantitative estimate of drug-likeness (QED) is 0.719. The number of nitrogens with two attached hydrogens (primary N) is 1. The molecular weight excluding hydrogens is 152 g/mol. The largest absolute Gasteiger partial charge is 0.323 e. The van der Waals surface area contributed by atoms with Crippen molar-refractivity contribution in [2.75, 3.05) is 0 Å². The minimum Gasteiger partial charge on any atom is -0.323 e. The van der Waals surface area contributed by atoms with Crippen LogP contribution in [0.1, 0.15) is 31.5 Å². The van der Waals surface area contributed by atoms with Crippen molar-refractivity contribution in [2.24, 2.45) is 11.7 Å². The fraction of sp³-hybridized carbons (Fsp3) is 0.750. The third-order valence-corrected chi connectivity index (χ3v) is 2.17. The molecule has 1 aliphatic rings. The van der Waals surface area contributed by atoms with Crippen LogP contribution in [0, 0.1) is 5.92 Å². The summed E-state index contributed by atoms with van der Waals surface area (Å²) in [4.78, 5) is 0. The van der Waals surface area contributed by atoms with E-state index in [0.717, 1.165) is 18.2 Å². The van der Waals surface area contributed by atoms with E-state index in [1.54, 1.807) is 0 Å². The molecule has 66 valence electrons. The van der Waals surface area contributed by atoms with Gasteiger partial charge in [-0.1, -0.05) is 5.21 Å². The van der Waals surface area contributed by atoms with Gasteiger partial charge in [-0.25, -0.2) is 0 Å². The molecule has 2 N–H and O–H groups in total. The van der Waals surface area contributed by atoms with Gasteiger partial charge in [-0.2, -0.15) is 0 Å². The Morgan fingerprint density at radius 1 is 1.75 bits per heavy atom. The number of rotatable bonds is 3. The summed E-state index contributed by atoms with van der Waals surface area (Å²) in [5.41, 5.74) is 6.54. The van der Waals surface area contributed by atoms with Crippen LogP contribution in [-0.4, -0.2) is 15.0 Å². The molecule has 2 rings (SSSR count). The van der Waals surface area contributed by atoms with E-state index >= 15 is 0 Å². The van der Waals surface area contributed by atoms with Crippen LogP contribution in [0.3, 0.4) is 0 Å². The SMILES string of the molecule is C[C@H](N)c1cn(CC2CC2)nn1. The smallest absolute Gasteiger partial charge is 0.0991 e. The maximum Gasteiger partial charge on any atom is 0.0991 e. The highest BCUT2D eigenvalue weighted by Gasteiger charge is 2.22. The fourth-order valence-corrected chi connectivity index (χ4v) is 1.18. The van der Waals surface area contributed by atoms with Gasteiger partial charge in [-0.15, -0.1) is 5.10 Å². The van der Waals surface area contributed by atoms with E-state index in [4.69, 9.17) is 5.73 Å². The second-order valence-electron chi connectivity index (χ2n) is 3.60. The van der Waals surface area contributed by atoms with Gasteiger partial charge in [0.1, 0.15) is 0 Å².